The Morgan fingerprint density at radius 3 is 2.64 bits per heavy atom. The Kier molecular flexibility index (Phi) is 5.55. The number of carbonyl (C=O) groups is 2. The second-order valence-electron chi connectivity index (χ2n) is 4.43. The van der Waals surface area contributed by atoms with Crippen molar-refractivity contribution in [1.29, 1.82) is 0 Å². The number of anilines is 2. The number of halogens is 1. The van der Waals surface area contributed by atoms with Crippen molar-refractivity contribution in [3.05, 3.63) is 58.6 Å². The zero-order valence-corrected chi connectivity index (χ0v) is 13.5. The predicted molar refractivity (Wildman–Crippen MR) is 89.0 cm³/mol. The Morgan fingerprint density at radius 2 is 1.91 bits per heavy atom. The second kappa shape index (κ2) is 7.61. The molecule has 0 spiro atoms. The fourth-order valence-corrected chi connectivity index (χ4v) is 2.25. The van der Waals surface area contributed by atoms with Crippen LogP contribution in [0.1, 0.15) is 10.4 Å². The van der Waals surface area contributed by atoms with Gasteiger partial charge in [-0.25, -0.2) is 4.79 Å². The van der Waals surface area contributed by atoms with Crippen LogP contribution in [0.4, 0.5) is 11.4 Å². The van der Waals surface area contributed by atoms with Gasteiger partial charge in [-0.15, -0.1) is 0 Å². The smallest absolute Gasteiger partial charge is 0.340 e. The summed E-state index contributed by atoms with van der Waals surface area (Å²) >= 11 is 3.32. The van der Waals surface area contributed by atoms with Gasteiger partial charge in [0.05, 0.1) is 5.56 Å². The minimum absolute atomic E-state index is 0.344. The highest BCUT2D eigenvalue weighted by Gasteiger charge is 2.13. The molecule has 5 nitrogen and oxygen atoms in total. The molecule has 114 valence electrons. The highest BCUT2D eigenvalue weighted by molar-refractivity contribution is 9.10. The number of hydrogen-bond acceptors (Lipinski definition) is 4. The van der Waals surface area contributed by atoms with E-state index in [0.29, 0.717) is 16.9 Å². The van der Waals surface area contributed by atoms with Crippen LogP contribution in [0.3, 0.4) is 0 Å². The minimum atomic E-state index is -0.547. The topological polar surface area (TPSA) is 67.4 Å². The van der Waals surface area contributed by atoms with Crippen molar-refractivity contribution < 1.29 is 14.3 Å². The first-order valence-corrected chi connectivity index (χ1v) is 7.39. The molecule has 0 saturated heterocycles. The van der Waals surface area contributed by atoms with Gasteiger partial charge in [0.2, 0.25) is 0 Å². The summed E-state index contributed by atoms with van der Waals surface area (Å²) in [5, 5.41) is 5.56. The molecule has 0 aliphatic rings. The summed E-state index contributed by atoms with van der Waals surface area (Å²) in [5.74, 6) is -0.942. The first kappa shape index (κ1) is 16.0. The average molecular weight is 363 g/mol. The van der Waals surface area contributed by atoms with Crippen molar-refractivity contribution in [2.75, 3.05) is 24.3 Å². The summed E-state index contributed by atoms with van der Waals surface area (Å²) in [6.45, 7) is -0.344. The third kappa shape index (κ3) is 4.33. The molecular weight excluding hydrogens is 348 g/mol. The normalized spacial score (nSPS) is 9.91. The molecule has 0 aliphatic carbocycles. The molecule has 0 saturated carbocycles. The first-order valence-electron chi connectivity index (χ1n) is 6.59. The van der Waals surface area contributed by atoms with Gasteiger partial charge in [-0.3, -0.25) is 4.79 Å². The van der Waals surface area contributed by atoms with E-state index in [1.165, 1.54) is 0 Å². The molecule has 2 aromatic rings. The lowest BCUT2D eigenvalue weighted by atomic mass is 10.2. The summed E-state index contributed by atoms with van der Waals surface area (Å²) in [5.41, 5.74) is 1.67. The molecule has 0 heterocycles. The molecule has 2 N–H and O–H groups in total. The van der Waals surface area contributed by atoms with Gasteiger partial charge in [0.25, 0.3) is 5.91 Å². The zero-order chi connectivity index (χ0) is 15.9. The van der Waals surface area contributed by atoms with Gasteiger partial charge in [0, 0.05) is 22.9 Å². The van der Waals surface area contributed by atoms with Crippen LogP contribution in [0, 0.1) is 0 Å². The van der Waals surface area contributed by atoms with E-state index in [2.05, 4.69) is 26.6 Å². The number of amides is 1. The van der Waals surface area contributed by atoms with Crippen LogP contribution in [0.2, 0.25) is 0 Å². The van der Waals surface area contributed by atoms with Crippen LogP contribution in [-0.4, -0.2) is 25.5 Å². The van der Waals surface area contributed by atoms with Crippen LogP contribution >= 0.6 is 15.9 Å². The summed E-state index contributed by atoms with van der Waals surface area (Å²) < 4.78 is 5.88. The minimum Gasteiger partial charge on any atom is -0.452 e. The molecule has 0 aromatic heterocycles. The standard InChI is InChI=1S/C16H15BrN2O3/c1-18-14-8-3-2-7-13(14)16(21)22-10-15(20)19-12-6-4-5-11(17)9-12/h2-9,18H,10H2,1H3,(H,19,20). The number of nitrogens with one attached hydrogen (secondary N) is 2. The highest BCUT2D eigenvalue weighted by atomic mass is 79.9. The largest absolute Gasteiger partial charge is 0.452 e. The van der Waals surface area contributed by atoms with E-state index < -0.39 is 11.9 Å². The number of ether oxygens (including phenoxy) is 1. The molecule has 0 atom stereocenters. The van der Waals surface area contributed by atoms with Gasteiger partial charge in [0.15, 0.2) is 6.61 Å². The third-order valence-corrected chi connectivity index (χ3v) is 3.35. The maximum atomic E-state index is 12.0. The lowest BCUT2D eigenvalue weighted by Gasteiger charge is -2.09. The summed E-state index contributed by atoms with van der Waals surface area (Å²) in [4.78, 5) is 23.8. The quantitative estimate of drug-likeness (QED) is 0.800. The molecule has 0 fully saturated rings. The SMILES string of the molecule is CNc1ccccc1C(=O)OCC(=O)Nc1cccc(Br)c1. The van der Waals surface area contributed by atoms with E-state index in [1.54, 1.807) is 43.4 Å². The summed E-state index contributed by atoms with van der Waals surface area (Å²) in [7, 11) is 1.71. The van der Waals surface area contributed by atoms with Crippen molar-refractivity contribution in [3.8, 4) is 0 Å². The van der Waals surface area contributed by atoms with Crippen LogP contribution in [0.15, 0.2) is 53.0 Å². The highest BCUT2D eigenvalue weighted by Crippen LogP contribution is 2.16. The van der Waals surface area contributed by atoms with Crippen LogP contribution in [0.25, 0.3) is 0 Å². The molecular formula is C16H15BrN2O3. The molecule has 2 rings (SSSR count). The van der Waals surface area contributed by atoms with E-state index in [9.17, 15) is 9.59 Å². The lowest BCUT2D eigenvalue weighted by molar-refractivity contribution is -0.119. The van der Waals surface area contributed by atoms with E-state index in [0.717, 1.165) is 4.47 Å². The van der Waals surface area contributed by atoms with Gasteiger partial charge in [-0.05, 0) is 30.3 Å². The van der Waals surface area contributed by atoms with Gasteiger partial charge in [-0.1, -0.05) is 34.1 Å². The number of esters is 1. The van der Waals surface area contributed by atoms with E-state index in [-0.39, 0.29) is 6.61 Å². The van der Waals surface area contributed by atoms with Crippen molar-refractivity contribution >= 4 is 39.2 Å². The van der Waals surface area contributed by atoms with Crippen molar-refractivity contribution in [2.45, 2.75) is 0 Å². The van der Waals surface area contributed by atoms with Gasteiger partial charge in [-0.2, -0.15) is 0 Å². The monoisotopic (exact) mass is 362 g/mol. The number of para-hydroxylation sites is 1. The van der Waals surface area contributed by atoms with Crippen LogP contribution in [0.5, 0.6) is 0 Å². The van der Waals surface area contributed by atoms with Crippen molar-refractivity contribution in [3.63, 3.8) is 0 Å². The van der Waals surface area contributed by atoms with E-state index >= 15 is 0 Å². The van der Waals surface area contributed by atoms with Crippen LogP contribution in [-0.2, 0) is 9.53 Å². The zero-order valence-electron chi connectivity index (χ0n) is 11.9. The Balaban J connectivity index is 1.92. The van der Waals surface area contributed by atoms with Gasteiger partial charge in [0.1, 0.15) is 0 Å². The lowest BCUT2D eigenvalue weighted by Crippen LogP contribution is -2.21. The molecule has 2 aromatic carbocycles. The maximum Gasteiger partial charge on any atom is 0.340 e. The molecule has 0 unspecified atom stereocenters. The fraction of sp³-hybridized carbons (Fsp3) is 0.125. The van der Waals surface area contributed by atoms with E-state index in [1.807, 2.05) is 12.1 Å². The number of rotatable bonds is 5. The molecule has 0 aliphatic heterocycles. The van der Waals surface area contributed by atoms with Crippen molar-refractivity contribution in [1.82, 2.24) is 0 Å². The molecule has 6 heteroatoms. The number of carbonyl (C=O) groups excluding carboxylic acids is 2. The van der Waals surface area contributed by atoms with Gasteiger partial charge < -0.3 is 15.4 Å². The molecule has 1 amide bonds. The Hall–Kier alpha value is -2.34. The molecule has 0 bridgehead atoms. The maximum absolute atomic E-state index is 12.0. The second-order valence-corrected chi connectivity index (χ2v) is 5.35. The first-order chi connectivity index (χ1) is 10.6. The summed E-state index contributed by atoms with van der Waals surface area (Å²) in [6, 6.07) is 14.1. The van der Waals surface area contributed by atoms with Crippen LogP contribution < -0.4 is 10.6 Å². The van der Waals surface area contributed by atoms with E-state index in [4.69, 9.17) is 4.74 Å². The third-order valence-electron chi connectivity index (χ3n) is 2.86. The fourth-order valence-electron chi connectivity index (χ4n) is 1.85. The number of benzene rings is 2. The van der Waals surface area contributed by atoms with Crippen molar-refractivity contribution in [2.24, 2.45) is 0 Å². The number of hydrogen-bond donors (Lipinski definition) is 2. The molecule has 0 radical (unpaired) electrons. The molecule has 22 heavy (non-hydrogen) atoms. The summed E-state index contributed by atoms with van der Waals surface area (Å²) in [6.07, 6.45) is 0. The van der Waals surface area contributed by atoms with Gasteiger partial charge >= 0.3 is 5.97 Å². The Morgan fingerprint density at radius 1 is 1.14 bits per heavy atom. The predicted octanol–water partition coefficient (Wildman–Crippen LogP) is 3.29. The Bertz CT molecular complexity index is 689. The average Bonchev–Trinajstić information content (AvgIpc) is 2.52. The Labute approximate surface area is 136 Å².